The zero-order valence-corrected chi connectivity index (χ0v) is 24.3. The first-order valence-electron chi connectivity index (χ1n) is 13.9. The molecule has 0 aliphatic heterocycles. The molecule has 6 rings (SSSR count). The average Bonchev–Trinajstić information content (AvgIpc) is 3.60. The van der Waals surface area contributed by atoms with Gasteiger partial charge in [0.15, 0.2) is 5.65 Å². The molecule has 218 valence electrons. The van der Waals surface area contributed by atoms with E-state index in [1.54, 1.807) is 30.9 Å². The molecular formula is C32H31FN8O2. The predicted molar refractivity (Wildman–Crippen MR) is 165 cm³/mol. The zero-order valence-electron chi connectivity index (χ0n) is 24.3. The highest BCUT2D eigenvalue weighted by molar-refractivity contribution is 6.00. The molecule has 0 radical (unpaired) electrons. The van der Waals surface area contributed by atoms with Crippen molar-refractivity contribution in [2.24, 2.45) is 5.92 Å². The van der Waals surface area contributed by atoms with Crippen molar-refractivity contribution in [3.8, 4) is 39.5 Å². The quantitative estimate of drug-likeness (QED) is 0.195. The van der Waals surface area contributed by atoms with E-state index in [0.29, 0.717) is 41.5 Å². The van der Waals surface area contributed by atoms with Gasteiger partial charge in [0.05, 0.1) is 29.0 Å². The van der Waals surface area contributed by atoms with E-state index < -0.39 is 5.82 Å². The largest absolute Gasteiger partial charge is 0.492 e. The Hall–Kier alpha value is -5.16. The lowest BCUT2D eigenvalue weighted by molar-refractivity contribution is -0.118. The molecule has 0 unspecified atom stereocenters. The molecule has 0 aliphatic carbocycles. The molecule has 1 aromatic carbocycles. The third-order valence-electron chi connectivity index (χ3n) is 7.04. The number of nitrogens with one attached hydrogen (secondary N) is 3. The second-order valence-corrected chi connectivity index (χ2v) is 10.9. The van der Waals surface area contributed by atoms with E-state index in [0.717, 1.165) is 38.8 Å². The van der Waals surface area contributed by atoms with Gasteiger partial charge in [-0.15, -0.1) is 0 Å². The number of nitrogens with zero attached hydrogens (tertiary/aromatic N) is 5. The fourth-order valence-electron chi connectivity index (χ4n) is 4.76. The van der Waals surface area contributed by atoms with E-state index >= 15 is 0 Å². The molecule has 5 aromatic heterocycles. The van der Waals surface area contributed by atoms with Crippen LogP contribution in [0.1, 0.15) is 13.8 Å². The van der Waals surface area contributed by atoms with E-state index in [1.807, 2.05) is 57.1 Å². The lowest BCUT2D eigenvalue weighted by Gasteiger charge is -2.12. The number of carbonyl (C=O) groups excluding carboxylic acids is 1. The maximum Gasteiger partial charge on any atom is 0.226 e. The molecule has 0 saturated heterocycles. The predicted octanol–water partition coefficient (Wildman–Crippen LogP) is 5.90. The number of ether oxygens (including phenoxy) is 1. The summed E-state index contributed by atoms with van der Waals surface area (Å²) in [6.07, 6.45) is 6.77. The van der Waals surface area contributed by atoms with Crippen molar-refractivity contribution in [1.82, 2.24) is 35.0 Å². The molecule has 0 spiro atoms. The lowest BCUT2D eigenvalue weighted by atomic mass is 10.1. The van der Waals surface area contributed by atoms with E-state index in [9.17, 15) is 9.18 Å². The van der Waals surface area contributed by atoms with Crippen molar-refractivity contribution in [2.45, 2.75) is 13.8 Å². The van der Waals surface area contributed by atoms with Crippen molar-refractivity contribution in [1.29, 1.82) is 0 Å². The summed E-state index contributed by atoms with van der Waals surface area (Å²) in [6.45, 7) is 4.83. The van der Waals surface area contributed by atoms with Crippen LogP contribution in [0.4, 0.5) is 10.1 Å². The van der Waals surface area contributed by atoms with Crippen LogP contribution in [0.2, 0.25) is 0 Å². The van der Waals surface area contributed by atoms with Crippen LogP contribution in [-0.2, 0) is 4.79 Å². The van der Waals surface area contributed by atoms with Gasteiger partial charge in [0.1, 0.15) is 18.2 Å². The molecule has 10 nitrogen and oxygen atoms in total. The van der Waals surface area contributed by atoms with Gasteiger partial charge in [0.2, 0.25) is 5.91 Å². The minimum Gasteiger partial charge on any atom is -0.492 e. The molecule has 0 atom stereocenters. The number of carbonyl (C=O) groups is 1. The SMILES string of the molecule is CC(C)C(=O)Nc1cncc(-c2cnc3n[nH]c(-c4cc5c(-c6cc(F)cc(OCCN(C)C)c6)nccc5[nH]4)c3c2)c1. The third kappa shape index (κ3) is 5.93. The Bertz CT molecular complexity index is 1950. The number of hydrogen-bond donors (Lipinski definition) is 3. The minimum atomic E-state index is -0.396. The number of halogens is 1. The number of amides is 1. The Balaban J connectivity index is 1.36. The third-order valence-corrected chi connectivity index (χ3v) is 7.04. The molecule has 0 aliphatic rings. The van der Waals surface area contributed by atoms with Gasteiger partial charge in [-0.1, -0.05) is 13.8 Å². The van der Waals surface area contributed by atoms with Crippen molar-refractivity contribution >= 4 is 33.5 Å². The maximum absolute atomic E-state index is 14.6. The highest BCUT2D eigenvalue weighted by Gasteiger charge is 2.17. The van der Waals surface area contributed by atoms with Gasteiger partial charge in [-0.05, 0) is 50.5 Å². The van der Waals surface area contributed by atoms with Crippen LogP contribution in [0.5, 0.6) is 5.75 Å². The summed E-state index contributed by atoms with van der Waals surface area (Å²) in [5.74, 6) is -0.172. The molecule has 0 fully saturated rings. The topological polar surface area (TPSA) is 125 Å². The zero-order chi connectivity index (χ0) is 30.1. The molecule has 0 bridgehead atoms. The number of benzene rings is 1. The fraction of sp³-hybridized carbons (Fsp3) is 0.219. The second-order valence-electron chi connectivity index (χ2n) is 10.9. The molecule has 1 amide bonds. The lowest BCUT2D eigenvalue weighted by Crippen LogP contribution is -2.19. The van der Waals surface area contributed by atoms with Gasteiger partial charge in [-0.3, -0.25) is 19.9 Å². The highest BCUT2D eigenvalue weighted by atomic mass is 19.1. The summed E-state index contributed by atoms with van der Waals surface area (Å²) in [5, 5.41) is 12.0. The molecule has 3 N–H and O–H groups in total. The number of anilines is 1. The van der Waals surface area contributed by atoms with Crippen molar-refractivity contribution < 1.29 is 13.9 Å². The Morgan fingerprint density at radius 3 is 2.65 bits per heavy atom. The van der Waals surface area contributed by atoms with E-state index in [4.69, 9.17) is 4.74 Å². The number of likely N-dealkylation sites (N-methyl/N-ethyl adjacent to an activating group) is 1. The number of pyridine rings is 3. The summed E-state index contributed by atoms with van der Waals surface area (Å²) in [7, 11) is 3.91. The van der Waals surface area contributed by atoms with Gasteiger partial charge >= 0.3 is 0 Å². The first-order valence-corrected chi connectivity index (χ1v) is 13.9. The van der Waals surface area contributed by atoms with Crippen LogP contribution in [0.25, 0.3) is 55.7 Å². The van der Waals surface area contributed by atoms with Crippen LogP contribution in [-0.4, -0.2) is 68.2 Å². The molecule has 11 heteroatoms. The normalized spacial score (nSPS) is 11.6. The van der Waals surface area contributed by atoms with E-state index in [2.05, 4.69) is 35.5 Å². The van der Waals surface area contributed by atoms with Crippen LogP contribution in [0.3, 0.4) is 0 Å². The van der Waals surface area contributed by atoms with Crippen LogP contribution in [0, 0.1) is 11.7 Å². The van der Waals surface area contributed by atoms with E-state index in [-0.39, 0.29) is 11.8 Å². The summed E-state index contributed by atoms with van der Waals surface area (Å²) in [4.78, 5) is 31.1. The van der Waals surface area contributed by atoms with Gasteiger partial charge in [0.25, 0.3) is 0 Å². The Morgan fingerprint density at radius 2 is 1.84 bits per heavy atom. The van der Waals surface area contributed by atoms with Crippen LogP contribution >= 0.6 is 0 Å². The molecular weight excluding hydrogens is 547 g/mol. The fourth-order valence-corrected chi connectivity index (χ4v) is 4.76. The highest BCUT2D eigenvalue weighted by Crippen LogP contribution is 2.35. The van der Waals surface area contributed by atoms with Gasteiger partial charge < -0.3 is 19.9 Å². The molecule has 0 saturated carbocycles. The number of fused-ring (bicyclic) bond motifs is 2. The number of hydrogen-bond acceptors (Lipinski definition) is 7. The Morgan fingerprint density at radius 1 is 1.00 bits per heavy atom. The standard InChI is InChI=1S/C32H31FN8O2/c1-18(2)32(42)37-23-10-20(15-34-17-23)21-12-26-30(39-40-31(26)36-16-21)28-14-25-27(38-28)5-6-35-29(25)19-9-22(33)13-24(11-19)43-8-7-41(3)4/h5-6,9-18,38H,7-8H2,1-4H3,(H,37,42)(H,36,39,40). The summed E-state index contributed by atoms with van der Waals surface area (Å²) >= 11 is 0. The maximum atomic E-state index is 14.6. The van der Waals surface area contributed by atoms with Crippen molar-refractivity contribution in [3.63, 3.8) is 0 Å². The number of H-pyrrole nitrogens is 2. The number of rotatable bonds is 9. The Kier molecular flexibility index (Phi) is 7.56. The van der Waals surface area contributed by atoms with Gasteiger partial charge in [-0.2, -0.15) is 5.10 Å². The summed E-state index contributed by atoms with van der Waals surface area (Å²) < 4.78 is 20.4. The van der Waals surface area contributed by atoms with Gasteiger partial charge in [0, 0.05) is 70.1 Å². The Labute approximate surface area is 247 Å². The molecule has 43 heavy (non-hydrogen) atoms. The first kappa shape index (κ1) is 28.0. The summed E-state index contributed by atoms with van der Waals surface area (Å²) in [6, 6.07) is 12.3. The monoisotopic (exact) mass is 578 g/mol. The second kappa shape index (κ2) is 11.6. The smallest absolute Gasteiger partial charge is 0.226 e. The van der Waals surface area contributed by atoms with Crippen molar-refractivity contribution in [3.05, 3.63) is 73.1 Å². The summed E-state index contributed by atoms with van der Waals surface area (Å²) in [5.41, 5.74) is 6.41. The van der Waals surface area contributed by atoms with Gasteiger partial charge in [-0.25, -0.2) is 9.37 Å². The first-order chi connectivity index (χ1) is 20.7. The van der Waals surface area contributed by atoms with Crippen molar-refractivity contribution in [2.75, 3.05) is 32.6 Å². The molecule has 6 aromatic rings. The van der Waals surface area contributed by atoms with E-state index in [1.165, 1.54) is 12.1 Å². The number of aromatic amines is 2. The average molecular weight is 579 g/mol. The van der Waals surface area contributed by atoms with Crippen LogP contribution in [0.15, 0.2) is 67.3 Å². The van der Waals surface area contributed by atoms with Crippen LogP contribution < -0.4 is 10.1 Å². The molecule has 5 heterocycles. The minimum absolute atomic E-state index is 0.0800. The number of aromatic nitrogens is 6.